The molecule has 0 aromatic carbocycles. The van der Waals surface area contributed by atoms with Gasteiger partial charge in [-0.15, -0.1) is 0 Å². The van der Waals surface area contributed by atoms with Gasteiger partial charge in [-0.05, 0) is 12.5 Å². The van der Waals surface area contributed by atoms with Crippen molar-refractivity contribution in [2.24, 2.45) is 7.05 Å². The largest absolute Gasteiger partial charge is 0.493 e. The Balaban J connectivity index is 3.59. The van der Waals surface area contributed by atoms with E-state index in [9.17, 15) is 9.90 Å². The molecule has 0 saturated carbocycles. The molecule has 0 atom stereocenters. The molecule has 4 heteroatoms. The van der Waals surface area contributed by atoms with E-state index in [1.165, 1.54) is 13.1 Å². The summed E-state index contributed by atoms with van der Waals surface area (Å²) < 4.78 is 1.10. The number of nitrogens with zero attached hydrogens (tertiary/aromatic N) is 1. The van der Waals surface area contributed by atoms with E-state index in [4.69, 9.17) is 5.73 Å². The molecule has 1 heterocycles. The summed E-state index contributed by atoms with van der Waals surface area (Å²) in [4.78, 5) is 11.0. The maximum absolute atomic E-state index is 11.0. The average Bonchev–Trinajstić information content (AvgIpc) is 1.97. The summed E-state index contributed by atoms with van der Waals surface area (Å²) in [5, 5.41) is 9.21. The second kappa shape index (κ2) is 2.30. The number of anilines is 1. The summed E-state index contributed by atoms with van der Waals surface area (Å²) in [5.74, 6) is -0.171. The summed E-state index contributed by atoms with van der Waals surface area (Å²) in [7, 11) is 1.47. The molecule has 0 amide bonds. The maximum Gasteiger partial charge on any atom is 0.253 e. The Bertz CT molecular complexity index is 341. The van der Waals surface area contributed by atoms with E-state index in [-0.39, 0.29) is 17.1 Å². The molecular weight excluding hydrogens is 144 g/mol. The first-order valence-electron chi connectivity index (χ1n) is 3.19. The zero-order valence-corrected chi connectivity index (χ0v) is 6.46. The van der Waals surface area contributed by atoms with Crippen molar-refractivity contribution in [3.8, 4) is 5.88 Å². The highest BCUT2D eigenvalue weighted by Gasteiger charge is 2.05. The van der Waals surface area contributed by atoms with Crippen LogP contribution in [-0.2, 0) is 7.05 Å². The number of nitrogen functional groups attached to an aromatic ring is 1. The van der Waals surface area contributed by atoms with Gasteiger partial charge in [-0.25, -0.2) is 0 Å². The van der Waals surface area contributed by atoms with Crippen LogP contribution in [-0.4, -0.2) is 9.67 Å². The molecule has 0 aliphatic heterocycles. The smallest absolute Gasteiger partial charge is 0.253 e. The standard InChI is InChI=1S/C7H10N2O2/c1-4-3-5(10)9(2)7(11)6(4)8/h3,11H,8H2,1-2H3. The molecular formula is C7H10N2O2. The molecule has 0 saturated heterocycles. The van der Waals surface area contributed by atoms with E-state index < -0.39 is 0 Å². The van der Waals surface area contributed by atoms with Crippen molar-refractivity contribution in [3.63, 3.8) is 0 Å². The number of pyridine rings is 1. The van der Waals surface area contributed by atoms with Crippen molar-refractivity contribution in [2.45, 2.75) is 6.92 Å². The highest BCUT2D eigenvalue weighted by Crippen LogP contribution is 2.18. The molecule has 0 aliphatic rings. The molecule has 3 N–H and O–H groups in total. The Hall–Kier alpha value is -1.45. The third-order valence-corrected chi connectivity index (χ3v) is 1.65. The minimum atomic E-state index is -0.255. The Morgan fingerprint density at radius 2 is 2.18 bits per heavy atom. The summed E-state index contributed by atoms with van der Waals surface area (Å²) >= 11 is 0. The van der Waals surface area contributed by atoms with Crippen molar-refractivity contribution in [3.05, 3.63) is 22.0 Å². The lowest BCUT2D eigenvalue weighted by atomic mass is 10.2. The number of aromatic nitrogens is 1. The molecule has 0 unspecified atom stereocenters. The van der Waals surface area contributed by atoms with Gasteiger partial charge in [0.25, 0.3) is 5.56 Å². The Morgan fingerprint density at radius 1 is 1.64 bits per heavy atom. The quantitative estimate of drug-likeness (QED) is 0.552. The molecule has 1 aromatic heterocycles. The predicted molar refractivity (Wildman–Crippen MR) is 42.5 cm³/mol. The van der Waals surface area contributed by atoms with Gasteiger partial charge < -0.3 is 10.8 Å². The first-order valence-corrected chi connectivity index (χ1v) is 3.19. The van der Waals surface area contributed by atoms with Crippen LogP contribution >= 0.6 is 0 Å². The summed E-state index contributed by atoms with van der Waals surface area (Å²) in [6.07, 6.45) is 0. The van der Waals surface area contributed by atoms with Crippen molar-refractivity contribution >= 4 is 5.69 Å². The number of aryl methyl sites for hydroxylation is 1. The third-order valence-electron chi connectivity index (χ3n) is 1.65. The summed E-state index contributed by atoms with van der Waals surface area (Å²) in [6, 6.07) is 1.38. The van der Waals surface area contributed by atoms with Crippen LogP contribution in [0.5, 0.6) is 5.88 Å². The predicted octanol–water partition coefficient (Wildman–Crippen LogP) is -0.0185. The van der Waals surface area contributed by atoms with E-state index in [1.54, 1.807) is 6.92 Å². The minimum absolute atomic E-state index is 0.171. The molecule has 0 bridgehead atoms. The van der Waals surface area contributed by atoms with Crippen LogP contribution in [0.2, 0.25) is 0 Å². The minimum Gasteiger partial charge on any atom is -0.493 e. The van der Waals surface area contributed by atoms with Crippen LogP contribution in [0.4, 0.5) is 5.69 Å². The zero-order chi connectivity index (χ0) is 8.59. The monoisotopic (exact) mass is 154 g/mol. The average molecular weight is 154 g/mol. The normalized spacial score (nSPS) is 10.0. The van der Waals surface area contributed by atoms with Crippen LogP contribution in [0.1, 0.15) is 5.56 Å². The van der Waals surface area contributed by atoms with E-state index in [0.29, 0.717) is 5.56 Å². The van der Waals surface area contributed by atoms with Gasteiger partial charge in [-0.2, -0.15) is 0 Å². The van der Waals surface area contributed by atoms with Crippen molar-refractivity contribution < 1.29 is 5.11 Å². The van der Waals surface area contributed by atoms with Gasteiger partial charge in [-0.3, -0.25) is 9.36 Å². The second-order valence-electron chi connectivity index (χ2n) is 2.46. The van der Waals surface area contributed by atoms with Crippen LogP contribution in [0.3, 0.4) is 0 Å². The topological polar surface area (TPSA) is 68.2 Å². The fraction of sp³-hybridized carbons (Fsp3) is 0.286. The molecule has 0 spiro atoms. The van der Waals surface area contributed by atoms with Gasteiger partial charge in [0.05, 0.1) is 5.69 Å². The van der Waals surface area contributed by atoms with E-state index >= 15 is 0 Å². The molecule has 11 heavy (non-hydrogen) atoms. The summed E-state index contributed by atoms with van der Waals surface area (Å²) in [6.45, 7) is 1.68. The van der Waals surface area contributed by atoms with E-state index in [0.717, 1.165) is 4.57 Å². The third kappa shape index (κ3) is 1.07. The van der Waals surface area contributed by atoms with Crippen LogP contribution in [0, 0.1) is 6.92 Å². The highest BCUT2D eigenvalue weighted by molar-refractivity contribution is 5.53. The molecule has 4 nitrogen and oxygen atoms in total. The van der Waals surface area contributed by atoms with Crippen LogP contribution < -0.4 is 11.3 Å². The molecule has 1 rings (SSSR count). The Morgan fingerprint density at radius 3 is 2.73 bits per heavy atom. The maximum atomic E-state index is 11.0. The molecule has 0 aliphatic carbocycles. The van der Waals surface area contributed by atoms with Gasteiger partial charge in [0.2, 0.25) is 5.88 Å². The van der Waals surface area contributed by atoms with Crippen molar-refractivity contribution in [2.75, 3.05) is 5.73 Å². The first-order chi connectivity index (χ1) is 5.04. The fourth-order valence-corrected chi connectivity index (χ4v) is 0.821. The number of aromatic hydroxyl groups is 1. The summed E-state index contributed by atoms with van der Waals surface area (Å²) in [5.41, 5.74) is 6.05. The number of nitrogens with two attached hydrogens (primary N) is 1. The van der Waals surface area contributed by atoms with Crippen LogP contribution in [0.25, 0.3) is 0 Å². The lowest BCUT2D eigenvalue weighted by Gasteiger charge is -2.05. The lowest BCUT2D eigenvalue weighted by molar-refractivity contribution is 0.426. The van der Waals surface area contributed by atoms with Gasteiger partial charge in [-0.1, -0.05) is 0 Å². The van der Waals surface area contributed by atoms with E-state index in [1.807, 2.05) is 0 Å². The van der Waals surface area contributed by atoms with Crippen molar-refractivity contribution in [1.29, 1.82) is 0 Å². The number of rotatable bonds is 0. The van der Waals surface area contributed by atoms with Gasteiger partial charge in [0.1, 0.15) is 0 Å². The second-order valence-corrected chi connectivity index (χ2v) is 2.46. The number of hydrogen-bond acceptors (Lipinski definition) is 3. The fourth-order valence-electron chi connectivity index (χ4n) is 0.821. The Kier molecular flexibility index (Phi) is 1.60. The molecule has 60 valence electrons. The first kappa shape index (κ1) is 7.65. The zero-order valence-electron chi connectivity index (χ0n) is 6.46. The molecule has 0 radical (unpaired) electrons. The van der Waals surface area contributed by atoms with Gasteiger partial charge in [0, 0.05) is 13.1 Å². The SMILES string of the molecule is Cc1cc(=O)n(C)c(O)c1N. The van der Waals surface area contributed by atoms with Gasteiger partial charge >= 0.3 is 0 Å². The molecule has 0 fully saturated rings. The highest BCUT2D eigenvalue weighted by atomic mass is 16.3. The lowest BCUT2D eigenvalue weighted by Crippen LogP contribution is -2.17. The van der Waals surface area contributed by atoms with E-state index in [2.05, 4.69) is 0 Å². The van der Waals surface area contributed by atoms with Crippen LogP contribution in [0.15, 0.2) is 10.9 Å². The Labute approximate surface area is 63.9 Å². The molecule has 1 aromatic rings. The van der Waals surface area contributed by atoms with Gasteiger partial charge in [0.15, 0.2) is 0 Å². The van der Waals surface area contributed by atoms with Crippen molar-refractivity contribution in [1.82, 2.24) is 4.57 Å². The number of hydrogen-bond donors (Lipinski definition) is 2.